The second-order valence-corrected chi connectivity index (χ2v) is 3.49. The second kappa shape index (κ2) is 4.96. The van der Waals surface area contributed by atoms with Gasteiger partial charge >= 0.3 is 0 Å². The van der Waals surface area contributed by atoms with Crippen molar-refractivity contribution in [3.8, 4) is 0 Å². The molecule has 1 unspecified atom stereocenters. The largest absolute Gasteiger partial charge is 0.371 e. The molecule has 0 aliphatic carbocycles. The average Bonchev–Trinajstić information content (AvgIpc) is 2.94. The van der Waals surface area contributed by atoms with E-state index in [0.29, 0.717) is 12.1 Å². The Morgan fingerprint density at radius 3 is 2.79 bits per heavy atom. The van der Waals surface area contributed by atoms with E-state index in [4.69, 9.17) is 4.74 Å². The molecule has 1 fully saturated rings. The predicted octanol–water partition coefficient (Wildman–Crippen LogP) is 1.71. The molecule has 78 valence electrons. The highest BCUT2D eigenvalue weighted by molar-refractivity contribution is 5.92. The molecular weight excluding hydrogens is 178 g/mol. The molecule has 0 saturated carbocycles. The summed E-state index contributed by atoms with van der Waals surface area (Å²) in [5.41, 5.74) is 0.561. The number of ether oxygens (including phenoxy) is 1. The molecule has 0 spiro atoms. The van der Waals surface area contributed by atoms with Crippen LogP contribution in [0.5, 0.6) is 0 Å². The minimum atomic E-state index is -0.0230. The van der Waals surface area contributed by atoms with Gasteiger partial charge in [-0.3, -0.25) is 4.79 Å². The zero-order valence-corrected chi connectivity index (χ0v) is 8.82. The van der Waals surface area contributed by atoms with E-state index in [1.807, 2.05) is 19.2 Å². The lowest BCUT2D eigenvalue weighted by Crippen LogP contribution is -2.29. The molecule has 1 heterocycles. The molecule has 0 aromatic heterocycles. The van der Waals surface area contributed by atoms with Gasteiger partial charge in [-0.1, -0.05) is 19.6 Å². The lowest BCUT2D eigenvalue weighted by atomic mass is 10.3. The van der Waals surface area contributed by atoms with Gasteiger partial charge in [-0.15, -0.1) is 0 Å². The van der Waals surface area contributed by atoms with Gasteiger partial charge in [0.05, 0.1) is 19.3 Å². The maximum atomic E-state index is 11.6. The van der Waals surface area contributed by atoms with Crippen molar-refractivity contribution in [2.24, 2.45) is 0 Å². The van der Waals surface area contributed by atoms with Crippen molar-refractivity contribution in [1.82, 2.24) is 4.90 Å². The fourth-order valence-electron chi connectivity index (χ4n) is 1.08. The third kappa shape index (κ3) is 3.34. The molecule has 0 aromatic carbocycles. The molecule has 0 radical (unpaired) electrons. The summed E-state index contributed by atoms with van der Waals surface area (Å²) >= 11 is 0. The van der Waals surface area contributed by atoms with Gasteiger partial charge in [-0.05, 0) is 13.3 Å². The van der Waals surface area contributed by atoms with Gasteiger partial charge in [0, 0.05) is 11.8 Å². The van der Waals surface area contributed by atoms with Crippen LogP contribution >= 0.6 is 0 Å². The van der Waals surface area contributed by atoms with Gasteiger partial charge in [-0.25, -0.2) is 0 Å². The number of carbonyl (C=O) groups excluding carboxylic acids is 1. The highest BCUT2D eigenvalue weighted by Gasteiger charge is 2.26. The Hall–Kier alpha value is -1.09. The Balaban J connectivity index is 2.54. The van der Waals surface area contributed by atoms with Gasteiger partial charge in [0.2, 0.25) is 0 Å². The van der Waals surface area contributed by atoms with E-state index in [-0.39, 0.29) is 12.0 Å². The van der Waals surface area contributed by atoms with E-state index < -0.39 is 0 Å². The topological polar surface area (TPSA) is 32.8 Å². The first-order chi connectivity index (χ1) is 6.65. The number of nitrogens with zero attached hydrogens (tertiary/aromatic N) is 1. The Morgan fingerprint density at radius 1 is 1.71 bits per heavy atom. The van der Waals surface area contributed by atoms with Crippen LogP contribution in [0.4, 0.5) is 0 Å². The van der Waals surface area contributed by atoms with Crippen LogP contribution < -0.4 is 0 Å². The number of allylic oxidation sites excluding steroid dienone is 1. The second-order valence-electron chi connectivity index (χ2n) is 3.49. The summed E-state index contributed by atoms with van der Waals surface area (Å²) in [6.07, 6.45) is 4.92. The predicted molar refractivity (Wildman–Crippen MR) is 55.7 cm³/mol. The highest BCUT2D eigenvalue weighted by atomic mass is 16.6. The molecule has 1 rings (SSSR count). The Kier molecular flexibility index (Phi) is 3.89. The van der Waals surface area contributed by atoms with E-state index in [1.165, 1.54) is 0 Å². The Morgan fingerprint density at radius 2 is 2.36 bits per heavy atom. The van der Waals surface area contributed by atoms with Crippen LogP contribution in [0.15, 0.2) is 24.4 Å². The summed E-state index contributed by atoms with van der Waals surface area (Å²) in [7, 11) is 0. The molecule has 3 nitrogen and oxygen atoms in total. The van der Waals surface area contributed by atoms with Gasteiger partial charge in [0.1, 0.15) is 0 Å². The molecule has 14 heavy (non-hydrogen) atoms. The molecular formula is C11H17NO2. The lowest BCUT2D eigenvalue weighted by Gasteiger charge is -2.16. The first kappa shape index (κ1) is 11.0. The SMILES string of the molecule is C=C(C)C(=O)N(/C=C/CC)CC1CO1. The minimum Gasteiger partial charge on any atom is -0.371 e. The maximum Gasteiger partial charge on any atom is 0.252 e. The van der Waals surface area contributed by atoms with Gasteiger partial charge in [0.15, 0.2) is 0 Å². The Labute approximate surface area is 85.0 Å². The maximum absolute atomic E-state index is 11.6. The first-order valence-corrected chi connectivity index (χ1v) is 4.90. The number of rotatable bonds is 5. The van der Waals surface area contributed by atoms with Crippen LogP contribution in [0.25, 0.3) is 0 Å². The summed E-state index contributed by atoms with van der Waals surface area (Å²) in [6.45, 7) is 8.81. The normalized spacial score (nSPS) is 19.7. The fourth-order valence-corrected chi connectivity index (χ4v) is 1.08. The smallest absolute Gasteiger partial charge is 0.252 e. The fraction of sp³-hybridized carbons (Fsp3) is 0.545. The quantitative estimate of drug-likeness (QED) is 0.494. The number of epoxide rings is 1. The molecule has 1 aliphatic rings. The molecule has 1 saturated heterocycles. The summed E-state index contributed by atoms with van der Waals surface area (Å²) in [5, 5.41) is 0. The van der Waals surface area contributed by atoms with Crippen molar-refractivity contribution in [1.29, 1.82) is 0 Å². The minimum absolute atomic E-state index is 0.0230. The van der Waals surface area contributed by atoms with Gasteiger partial charge < -0.3 is 9.64 Å². The van der Waals surface area contributed by atoms with E-state index in [0.717, 1.165) is 13.0 Å². The van der Waals surface area contributed by atoms with Gasteiger partial charge in [0.25, 0.3) is 5.91 Å². The van der Waals surface area contributed by atoms with Crippen LogP contribution in [0.3, 0.4) is 0 Å². The van der Waals surface area contributed by atoms with Crippen LogP contribution in [-0.2, 0) is 9.53 Å². The molecule has 1 atom stereocenters. The van der Waals surface area contributed by atoms with Crippen LogP contribution in [0.1, 0.15) is 20.3 Å². The summed E-state index contributed by atoms with van der Waals surface area (Å²) in [6, 6.07) is 0. The zero-order chi connectivity index (χ0) is 10.6. The number of amides is 1. The molecule has 0 bridgehead atoms. The Bertz CT molecular complexity index is 254. The molecule has 0 aromatic rings. The number of hydrogen-bond donors (Lipinski definition) is 0. The van der Waals surface area contributed by atoms with Crippen molar-refractivity contribution < 1.29 is 9.53 Å². The average molecular weight is 195 g/mol. The number of carbonyl (C=O) groups is 1. The molecule has 1 aliphatic heterocycles. The van der Waals surface area contributed by atoms with E-state index in [2.05, 4.69) is 6.58 Å². The summed E-state index contributed by atoms with van der Waals surface area (Å²) in [5.74, 6) is -0.0230. The van der Waals surface area contributed by atoms with E-state index in [9.17, 15) is 4.79 Å². The number of hydrogen-bond acceptors (Lipinski definition) is 2. The van der Waals surface area contributed by atoms with Crippen molar-refractivity contribution in [2.75, 3.05) is 13.2 Å². The summed E-state index contributed by atoms with van der Waals surface area (Å²) in [4.78, 5) is 13.3. The molecule has 3 heteroatoms. The third-order valence-corrected chi connectivity index (χ3v) is 1.95. The molecule has 0 N–H and O–H groups in total. The van der Waals surface area contributed by atoms with Crippen molar-refractivity contribution in [3.63, 3.8) is 0 Å². The first-order valence-electron chi connectivity index (χ1n) is 4.90. The van der Waals surface area contributed by atoms with Crippen LogP contribution in [-0.4, -0.2) is 30.1 Å². The zero-order valence-electron chi connectivity index (χ0n) is 8.82. The third-order valence-electron chi connectivity index (χ3n) is 1.95. The molecule has 1 amide bonds. The van der Waals surface area contributed by atoms with Crippen LogP contribution in [0.2, 0.25) is 0 Å². The summed E-state index contributed by atoms with van der Waals surface area (Å²) < 4.78 is 5.09. The standard InChI is InChI=1S/C11H17NO2/c1-4-5-6-12(7-10-8-14-10)11(13)9(2)3/h5-6,10H,2,4,7-8H2,1,3H3/b6-5+. The highest BCUT2D eigenvalue weighted by Crippen LogP contribution is 2.12. The lowest BCUT2D eigenvalue weighted by molar-refractivity contribution is -0.124. The monoisotopic (exact) mass is 195 g/mol. The van der Waals surface area contributed by atoms with Crippen LogP contribution in [0, 0.1) is 0 Å². The van der Waals surface area contributed by atoms with Crippen molar-refractivity contribution >= 4 is 5.91 Å². The van der Waals surface area contributed by atoms with Crippen molar-refractivity contribution in [3.05, 3.63) is 24.4 Å². The van der Waals surface area contributed by atoms with E-state index >= 15 is 0 Å². The van der Waals surface area contributed by atoms with Crippen molar-refractivity contribution in [2.45, 2.75) is 26.4 Å². The van der Waals surface area contributed by atoms with Gasteiger partial charge in [-0.2, -0.15) is 0 Å². The van der Waals surface area contributed by atoms with E-state index in [1.54, 1.807) is 11.8 Å².